The van der Waals surface area contributed by atoms with Crippen molar-refractivity contribution in [2.75, 3.05) is 0 Å². The summed E-state index contributed by atoms with van der Waals surface area (Å²) in [5, 5.41) is 0. The van der Waals surface area contributed by atoms with Crippen LogP contribution in [0.15, 0.2) is 12.2 Å². The maximum Gasteiger partial charge on any atom is 0.345 e. The van der Waals surface area contributed by atoms with Gasteiger partial charge in [-0.15, -0.1) is 0 Å². The summed E-state index contributed by atoms with van der Waals surface area (Å²) in [6.07, 6.45) is 6.70. The van der Waals surface area contributed by atoms with Crippen LogP contribution in [0.4, 0.5) is 0 Å². The Kier molecular flexibility index (Phi) is 3.69. The molecule has 0 saturated carbocycles. The second-order valence-electron chi connectivity index (χ2n) is 4.58. The lowest BCUT2D eigenvalue weighted by Crippen LogP contribution is -2.26. The molecule has 0 aromatic heterocycles. The van der Waals surface area contributed by atoms with Crippen molar-refractivity contribution in [3.05, 3.63) is 12.2 Å². The molecule has 0 fully saturated rings. The molecule has 1 rings (SSSR count). The molecule has 0 aliphatic heterocycles. The van der Waals surface area contributed by atoms with E-state index in [0.717, 1.165) is 19.3 Å². The SMILES string of the molecule is CC(C)(C)OOC(=O)C1CC=CCC1. The summed E-state index contributed by atoms with van der Waals surface area (Å²) in [7, 11) is 0. The number of carbonyl (C=O) groups excluding carboxylic acids is 1. The van der Waals surface area contributed by atoms with Crippen molar-refractivity contribution in [2.24, 2.45) is 5.92 Å². The standard InChI is InChI=1S/C11H18O3/c1-11(2,3)14-13-10(12)9-7-5-4-6-8-9/h4-5,9H,6-8H2,1-3H3. The molecule has 0 aromatic carbocycles. The van der Waals surface area contributed by atoms with Gasteiger partial charge in [0.15, 0.2) is 0 Å². The normalized spacial score (nSPS) is 22.1. The maximum absolute atomic E-state index is 11.5. The zero-order chi connectivity index (χ0) is 10.6. The molecule has 0 spiro atoms. The number of hydrogen-bond acceptors (Lipinski definition) is 3. The largest absolute Gasteiger partial charge is 0.345 e. The van der Waals surface area contributed by atoms with Crippen molar-refractivity contribution >= 4 is 5.97 Å². The second-order valence-corrected chi connectivity index (χ2v) is 4.58. The summed E-state index contributed by atoms with van der Waals surface area (Å²) in [4.78, 5) is 21.2. The summed E-state index contributed by atoms with van der Waals surface area (Å²) >= 11 is 0. The molecule has 1 atom stereocenters. The van der Waals surface area contributed by atoms with Crippen molar-refractivity contribution in [3.8, 4) is 0 Å². The molecular formula is C11H18O3. The van der Waals surface area contributed by atoms with Crippen LogP contribution in [0.5, 0.6) is 0 Å². The van der Waals surface area contributed by atoms with Gasteiger partial charge < -0.3 is 0 Å². The fraction of sp³-hybridized carbons (Fsp3) is 0.727. The van der Waals surface area contributed by atoms with Gasteiger partial charge >= 0.3 is 5.97 Å². The van der Waals surface area contributed by atoms with Crippen molar-refractivity contribution in [3.63, 3.8) is 0 Å². The molecule has 3 heteroatoms. The van der Waals surface area contributed by atoms with Crippen molar-refractivity contribution in [1.29, 1.82) is 0 Å². The van der Waals surface area contributed by atoms with Gasteiger partial charge in [0.05, 0.1) is 5.92 Å². The van der Waals surface area contributed by atoms with E-state index in [1.54, 1.807) is 0 Å². The average Bonchev–Trinajstić information content (AvgIpc) is 2.14. The molecule has 1 unspecified atom stereocenters. The summed E-state index contributed by atoms with van der Waals surface area (Å²) in [5.74, 6) is -0.272. The van der Waals surface area contributed by atoms with Crippen LogP contribution in [0.2, 0.25) is 0 Å². The van der Waals surface area contributed by atoms with Crippen LogP contribution in [0.3, 0.4) is 0 Å². The summed E-state index contributed by atoms with van der Waals surface area (Å²) in [5.41, 5.74) is -0.430. The van der Waals surface area contributed by atoms with Crippen LogP contribution in [0.1, 0.15) is 40.0 Å². The Labute approximate surface area is 85.0 Å². The summed E-state index contributed by atoms with van der Waals surface area (Å²) < 4.78 is 0. The van der Waals surface area contributed by atoms with Crippen LogP contribution in [0, 0.1) is 5.92 Å². The van der Waals surface area contributed by atoms with Gasteiger partial charge in [0.2, 0.25) is 0 Å². The maximum atomic E-state index is 11.5. The highest BCUT2D eigenvalue weighted by molar-refractivity contribution is 5.72. The Bertz CT molecular complexity index is 225. The fourth-order valence-electron chi connectivity index (χ4n) is 1.24. The van der Waals surface area contributed by atoms with E-state index in [-0.39, 0.29) is 11.9 Å². The Hall–Kier alpha value is -0.830. The first kappa shape index (κ1) is 11.2. The Morgan fingerprint density at radius 3 is 2.57 bits per heavy atom. The van der Waals surface area contributed by atoms with Gasteiger partial charge in [-0.25, -0.2) is 4.79 Å². The predicted octanol–water partition coefficient (Wildman–Crippen LogP) is 2.62. The molecular weight excluding hydrogens is 180 g/mol. The first-order valence-corrected chi connectivity index (χ1v) is 5.03. The van der Waals surface area contributed by atoms with Crippen LogP contribution in [-0.2, 0) is 14.6 Å². The third-order valence-electron chi connectivity index (χ3n) is 1.98. The third kappa shape index (κ3) is 3.92. The average molecular weight is 198 g/mol. The number of allylic oxidation sites excluding steroid dienone is 2. The monoisotopic (exact) mass is 198 g/mol. The van der Waals surface area contributed by atoms with Crippen molar-refractivity contribution < 1.29 is 14.6 Å². The highest BCUT2D eigenvalue weighted by Crippen LogP contribution is 2.20. The Balaban J connectivity index is 2.31. The van der Waals surface area contributed by atoms with E-state index in [4.69, 9.17) is 9.78 Å². The van der Waals surface area contributed by atoms with Gasteiger partial charge in [0.1, 0.15) is 5.60 Å². The fourth-order valence-corrected chi connectivity index (χ4v) is 1.24. The molecule has 0 amide bonds. The zero-order valence-corrected chi connectivity index (χ0v) is 9.08. The van der Waals surface area contributed by atoms with Crippen molar-refractivity contribution in [2.45, 2.75) is 45.6 Å². The lowest BCUT2D eigenvalue weighted by molar-refractivity contribution is -0.323. The number of rotatable bonds is 2. The minimum atomic E-state index is -0.430. The molecule has 0 heterocycles. The number of hydrogen-bond donors (Lipinski definition) is 0. The molecule has 0 radical (unpaired) electrons. The molecule has 0 saturated heterocycles. The van der Waals surface area contributed by atoms with E-state index in [0.29, 0.717) is 0 Å². The van der Waals surface area contributed by atoms with E-state index < -0.39 is 5.60 Å². The van der Waals surface area contributed by atoms with Gasteiger partial charge in [0, 0.05) is 0 Å². The molecule has 0 bridgehead atoms. The molecule has 1 aliphatic rings. The molecule has 0 aromatic rings. The topological polar surface area (TPSA) is 35.5 Å². The van der Waals surface area contributed by atoms with E-state index in [9.17, 15) is 4.79 Å². The van der Waals surface area contributed by atoms with E-state index in [1.807, 2.05) is 26.8 Å². The number of carbonyl (C=O) groups is 1. The first-order chi connectivity index (χ1) is 6.49. The smallest absolute Gasteiger partial charge is 0.298 e. The second kappa shape index (κ2) is 4.60. The highest BCUT2D eigenvalue weighted by atomic mass is 17.2. The molecule has 80 valence electrons. The Morgan fingerprint density at radius 1 is 1.36 bits per heavy atom. The minimum Gasteiger partial charge on any atom is -0.298 e. The van der Waals surface area contributed by atoms with Crippen LogP contribution in [-0.4, -0.2) is 11.6 Å². The molecule has 0 N–H and O–H groups in total. The quantitative estimate of drug-likeness (QED) is 0.388. The van der Waals surface area contributed by atoms with Gasteiger partial charge in [0.25, 0.3) is 0 Å². The lowest BCUT2D eigenvalue weighted by atomic mass is 9.95. The third-order valence-corrected chi connectivity index (χ3v) is 1.98. The van der Waals surface area contributed by atoms with Gasteiger partial charge in [-0.2, -0.15) is 4.89 Å². The van der Waals surface area contributed by atoms with E-state index in [2.05, 4.69) is 6.08 Å². The van der Waals surface area contributed by atoms with E-state index in [1.165, 1.54) is 0 Å². The van der Waals surface area contributed by atoms with Gasteiger partial charge in [-0.1, -0.05) is 12.2 Å². The lowest BCUT2D eigenvalue weighted by Gasteiger charge is -2.20. The molecule has 3 nitrogen and oxygen atoms in total. The molecule has 14 heavy (non-hydrogen) atoms. The summed E-state index contributed by atoms with van der Waals surface area (Å²) in [6, 6.07) is 0. The molecule has 1 aliphatic carbocycles. The van der Waals surface area contributed by atoms with Crippen LogP contribution >= 0.6 is 0 Å². The van der Waals surface area contributed by atoms with Gasteiger partial charge in [-0.3, -0.25) is 4.89 Å². The van der Waals surface area contributed by atoms with Crippen LogP contribution in [0.25, 0.3) is 0 Å². The Morgan fingerprint density at radius 2 is 2.07 bits per heavy atom. The zero-order valence-electron chi connectivity index (χ0n) is 9.08. The van der Waals surface area contributed by atoms with Crippen molar-refractivity contribution in [1.82, 2.24) is 0 Å². The van der Waals surface area contributed by atoms with E-state index >= 15 is 0 Å². The first-order valence-electron chi connectivity index (χ1n) is 5.03. The predicted molar refractivity (Wildman–Crippen MR) is 53.4 cm³/mol. The van der Waals surface area contributed by atoms with Gasteiger partial charge in [-0.05, 0) is 40.0 Å². The minimum absolute atomic E-state index is 0.0256. The van der Waals surface area contributed by atoms with Crippen LogP contribution < -0.4 is 0 Å². The highest BCUT2D eigenvalue weighted by Gasteiger charge is 2.23. The summed E-state index contributed by atoms with van der Waals surface area (Å²) in [6.45, 7) is 5.54.